The first-order chi connectivity index (χ1) is 13.0. The fourth-order valence-corrected chi connectivity index (χ4v) is 2.69. The summed E-state index contributed by atoms with van der Waals surface area (Å²) in [4.78, 5) is 25.8. The van der Waals surface area contributed by atoms with Crippen molar-refractivity contribution in [3.05, 3.63) is 64.7 Å². The average molecular weight is 410 g/mol. The Hall–Kier alpha value is -2.23. The summed E-state index contributed by atoms with van der Waals surface area (Å²) in [6.07, 6.45) is 0. The van der Waals surface area contributed by atoms with E-state index in [2.05, 4.69) is 0 Å². The monoisotopic (exact) mass is 409 g/mol. The Morgan fingerprint density at radius 1 is 1.04 bits per heavy atom. The molecule has 0 saturated heterocycles. The van der Waals surface area contributed by atoms with Crippen molar-refractivity contribution < 1.29 is 23.6 Å². The van der Waals surface area contributed by atoms with Gasteiger partial charge in [0.2, 0.25) is 0 Å². The Morgan fingerprint density at radius 3 is 2.22 bits per heavy atom. The molecule has 0 N–H and O–H groups in total. The van der Waals surface area contributed by atoms with Gasteiger partial charge < -0.3 is 9.47 Å². The number of carbonyl (C=O) groups is 2. The molecular weight excluding hydrogens is 387 g/mol. The molecule has 0 aliphatic carbocycles. The largest absolute Gasteiger partial charge is 0.496 e. The van der Waals surface area contributed by atoms with Crippen LogP contribution in [0.25, 0.3) is 0 Å². The number of benzene rings is 2. The highest BCUT2D eigenvalue weighted by molar-refractivity contribution is 7.00. The van der Waals surface area contributed by atoms with Crippen LogP contribution in [-0.4, -0.2) is 25.5 Å². The molecule has 2 aromatic rings. The van der Waals surface area contributed by atoms with Gasteiger partial charge in [0.15, 0.2) is 5.78 Å². The van der Waals surface area contributed by atoms with E-state index in [1.165, 1.54) is 16.2 Å². The summed E-state index contributed by atoms with van der Waals surface area (Å²) in [6, 6.07) is 13.7. The Morgan fingerprint density at radius 2 is 1.67 bits per heavy atom. The summed E-state index contributed by atoms with van der Waals surface area (Å²) < 4.78 is 18.8. The van der Waals surface area contributed by atoms with Crippen molar-refractivity contribution in [1.82, 2.24) is 0 Å². The molecule has 2 aromatic carbocycles. The van der Waals surface area contributed by atoms with Crippen LogP contribution in [0.3, 0.4) is 0 Å². The SMILES string of the molecule is COc1cccc(Cl)c1C(=O)C(C(=O)OCC(C)C)c1ccccc1.O=[PH2+]. The first-order valence-electron chi connectivity index (χ1n) is 8.27. The van der Waals surface area contributed by atoms with Crippen LogP contribution in [0.15, 0.2) is 48.5 Å². The molecule has 0 saturated carbocycles. The molecule has 0 heterocycles. The number of ether oxygens (including phenoxy) is 2. The van der Waals surface area contributed by atoms with Gasteiger partial charge >= 0.3 is 15.1 Å². The van der Waals surface area contributed by atoms with E-state index >= 15 is 0 Å². The Balaban J connectivity index is 0.00000176. The molecular formula is C20H23ClO5P+. The fraction of sp³-hybridized carbons (Fsp3) is 0.300. The molecule has 0 amide bonds. The summed E-state index contributed by atoms with van der Waals surface area (Å²) >= 11 is 6.21. The van der Waals surface area contributed by atoms with Crippen molar-refractivity contribution in [2.45, 2.75) is 19.8 Å². The number of esters is 1. The zero-order valence-electron chi connectivity index (χ0n) is 15.5. The molecule has 27 heavy (non-hydrogen) atoms. The first kappa shape index (κ1) is 22.8. The van der Waals surface area contributed by atoms with E-state index in [1.807, 2.05) is 19.9 Å². The van der Waals surface area contributed by atoms with Crippen LogP contribution in [0.4, 0.5) is 0 Å². The molecule has 144 valence electrons. The molecule has 2 unspecified atom stereocenters. The summed E-state index contributed by atoms with van der Waals surface area (Å²) in [5.41, 5.74) is 0.741. The lowest BCUT2D eigenvalue weighted by molar-refractivity contribution is -0.145. The molecule has 5 nitrogen and oxygen atoms in total. The Bertz CT molecular complexity index is 764. The highest BCUT2D eigenvalue weighted by Gasteiger charge is 2.33. The van der Waals surface area contributed by atoms with Gasteiger partial charge in [-0.1, -0.05) is 66.4 Å². The van der Waals surface area contributed by atoms with Gasteiger partial charge in [-0.15, -0.1) is 0 Å². The van der Waals surface area contributed by atoms with Crippen LogP contribution >= 0.6 is 20.7 Å². The second kappa shape index (κ2) is 11.5. The van der Waals surface area contributed by atoms with Gasteiger partial charge in [0.1, 0.15) is 11.7 Å². The zero-order valence-corrected chi connectivity index (χ0v) is 17.4. The lowest BCUT2D eigenvalue weighted by Gasteiger charge is -2.18. The third-order valence-electron chi connectivity index (χ3n) is 3.63. The van der Waals surface area contributed by atoms with Gasteiger partial charge in [-0.3, -0.25) is 9.59 Å². The molecule has 0 aliphatic rings. The van der Waals surface area contributed by atoms with Gasteiger partial charge in [0.25, 0.3) is 0 Å². The van der Waals surface area contributed by atoms with E-state index in [9.17, 15) is 9.59 Å². The van der Waals surface area contributed by atoms with Crippen molar-refractivity contribution in [2.24, 2.45) is 5.92 Å². The molecule has 0 spiro atoms. The standard InChI is InChI=1S/C20H21ClO4.H2OP/c1-13(2)12-25-20(23)17(14-8-5-4-6-9-14)19(22)18-15(21)10-7-11-16(18)24-3;1-2/h4-11,13,17H,12H2,1-3H3;2H2/q;+1. The van der Waals surface area contributed by atoms with Crippen LogP contribution < -0.4 is 4.74 Å². The number of ketones is 1. The fourth-order valence-electron chi connectivity index (χ4n) is 2.43. The van der Waals surface area contributed by atoms with Crippen LogP contribution in [-0.2, 0) is 14.1 Å². The maximum absolute atomic E-state index is 13.2. The molecule has 0 aromatic heterocycles. The van der Waals surface area contributed by atoms with E-state index in [1.54, 1.807) is 42.5 Å². The first-order valence-corrected chi connectivity index (χ1v) is 9.12. The highest BCUT2D eigenvalue weighted by Crippen LogP contribution is 2.32. The van der Waals surface area contributed by atoms with Crippen LogP contribution in [0.1, 0.15) is 35.7 Å². The Kier molecular flexibility index (Phi) is 9.70. The number of hydrogen-bond acceptors (Lipinski definition) is 5. The molecule has 0 aliphatic heterocycles. The third kappa shape index (κ3) is 6.16. The van der Waals surface area contributed by atoms with E-state index in [-0.39, 0.29) is 23.1 Å². The molecule has 0 radical (unpaired) electrons. The number of hydrogen-bond donors (Lipinski definition) is 0. The Labute approximate surface area is 166 Å². The summed E-state index contributed by atoms with van der Waals surface area (Å²) in [5.74, 6) is -1.62. The summed E-state index contributed by atoms with van der Waals surface area (Å²) in [5, 5.41) is 0.238. The van der Waals surface area contributed by atoms with Gasteiger partial charge in [-0.25, -0.2) is 0 Å². The molecule has 0 bridgehead atoms. The van der Waals surface area contributed by atoms with Crippen molar-refractivity contribution in [3.8, 4) is 5.75 Å². The molecule has 0 fully saturated rings. The number of rotatable bonds is 7. The van der Waals surface area contributed by atoms with Gasteiger partial charge in [-0.2, -0.15) is 0 Å². The number of carbonyl (C=O) groups excluding carboxylic acids is 2. The van der Waals surface area contributed by atoms with E-state index in [4.69, 9.17) is 25.6 Å². The third-order valence-corrected chi connectivity index (χ3v) is 3.95. The normalized spacial score (nSPS) is 11.1. The molecule has 2 rings (SSSR count). The molecule has 2 atom stereocenters. The highest BCUT2D eigenvalue weighted by atomic mass is 35.5. The minimum absolute atomic E-state index is 0.172. The van der Waals surface area contributed by atoms with Crippen molar-refractivity contribution in [2.75, 3.05) is 13.7 Å². The zero-order chi connectivity index (χ0) is 20.4. The predicted octanol–water partition coefficient (Wildman–Crippen LogP) is 4.72. The van der Waals surface area contributed by atoms with Gasteiger partial charge in [0.05, 0.1) is 24.3 Å². The van der Waals surface area contributed by atoms with Crippen LogP contribution in [0, 0.1) is 5.92 Å². The second-order valence-corrected chi connectivity index (χ2v) is 6.46. The van der Waals surface area contributed by atoms with Gasteiger partial charge in [-0.05, 0) is 23.6 Å². The smallest absolute Gasteiger partial charge is 0.321 e. The predicted molar refractivity (Wildman–Crippen MR) is 108 cm³/mol. The lowest BCUT2D eigenvalue weighted by Crippen LogP contribution is -2.26. The quantitative estimate of drug-likeness (QED) is 0.286. The minimum Gasteiger partial charge on any atom is -0.496 e. The maximum atomic E-state index is 13.2. The van der Waals surface area contributed by atoms with Crippen molar-refractivity contribution in [1.29, 1.82) is 0 Å². The summed E-state index contributed by atoms with van der Waals surface area (Å²) in [6.45, 7) is 4.11. The van der Waals surface area contributed by atoms with E-state index < -0.39 is 17.7 Å². The molecule has 7 heteroatoms. The van der Waals surface area contributed by atoms with Crippen LogP contribution in [0.2, 0.25) is 5.02 Å². The number of Topliss-reactive ketones (excluding diaryl/α,β-unsaturated/α-hetero) is 1. The second-order valence-electron chi connectivity index (χ2n) is 6.05. The maximum Gasteiger partial charge on any atom is 0.321 e. The summed E-state index contributed by atoms with van der Waals surface area (Å²) in [7, 11) is 2.62. The van der Waals surface area contributed by atoms with Gasteiger partial charge in [0, 0.05) is 0 Å². The minimum atomic E-state index is -1.09. The number of methoxy groups -OCH3 is 1. The van der Waals surface area contributed by atoms with Crippen molar-refractivity contribution >= 4 is 32.5 Å². The van der Waals surface area contributed by atoms with E-state index in [0.29, 0.717) is 11.3 Å². The topological polar surface area (TPSA) is 69.7 Å². The van der Waals surface area contributed by atoms with Crippen molar-refractivity contribution in [3.63, 3.8) is 0 Å². The van der Waals surface area contributed by atoms with E-state index in [0.717, 1.165) is 0 Å². The van der Waals surface area contributed by atoms with Crippen LogP contribution in [0.5, 0.6) is 5.75 Å². The number of halogens is 1. The average Bonchev–Trinajstić information content (AvgIpc) is 2.68. The lowest BCUT2D eigenvalue weighted by atomic mass is 9.90.